The van der Waals surface area contributed by atoms with E-state index in [2.05, 4.69) is 4.98 Å². The molecule has 3 heterocycles. The van der Waals surface area contributed by atoms with Crippen LogP contribution in [0.5, 0.6) is 0 Å². The number of ketones is 1. The van der Waals surface area contributed by atoms with Crippen LogP contribution in [0.1, 0.15) is 17.3 Å². The monoisotopic (exact) mass is 366 g/mol. The van der Waals surface area contributed by atoms with Crippen molar-refractivity contribution in [3.8, 4) is 0 Å². The number of β-lactam (4-membered cyclic amide) rings is 1. The van der Waals surface area contributed by atoms with Gasteiger partial charge in [0.25, 0.3) is 0 Å². The van der Waals surface area contributed by atoms with E-state index in [1.54, 1.807) is 12.1 Å². The molecule has 3 atom stereocenters. The number of pyridine rings is 1. The number of carboxylic acids is 1. The molecule has 1 N–H and O–H groups in total. The van der Waals surface area contributed by atoms with Gasteiger partial charge in [-0.1, -0.05) is 6.08 Å². The molecular formula is C17H15N2NaO6. The van der Waals surface area contributed by atoms with E-state index in [9.17, 15) is 24.6 Å². The second-order valence-electron chi connectivity index (χ2n) is 5.78. The molecule has 9 heteroatoms. The number of allylic oxidation sites excluding steroid dienone is 1. The average molecular weight is 366 g/mol. The van der Waals surface area contributed by atoms with E-state index >= 15 is 0 Å². The van der Waals surface area contributed by atoms with Crippen molar-refractivity contribution in [2.24, 2.45) is 5.92 Å². The number of ether oxygens (including phenoxy) is 1. The average Bonchev–Trinajstić information content (AvgIpc) is 2.59. The zero-order chi connectivity index (χ0) is 18.1. The van der Waals surface area contributed by atoms with Gasteiger partial charge in [0.1, 0.15) is 5.92 Å². The number of aliphatic carboxylic acids is 1. The van der Waals surface area contributed by atoms with Crippen molar-refractivity contribution in [1.29, 1.82) is 0 Å². The summed E-state index contributed by atoms with van der Waals surface area (Å²) in [6, 6.07) is 3.18. The van der Waals surface area contributed by atoms with Crippen LogP contribution in [0.15, 0.2) is 47.9 Å². The molecule has 0 unspecified atom stereocenters. The third kappa shape index (κ3) is 3.65. The molecule has 0 bridgehead atoms. The van der Waals surface area contributed by atoms with Crippen molar-refractivity contribution < 1.29 is 58.9 Å². The van der Waals surface area contributed by atoms with Crippen LogP contribution < -0.4 is 34.7 Å². The summed E-state index contributed by atoms with van der Waals surface area (Å²) >= 11 is 0. The number of aliphatic hydroxyl groups excluding tert-OH is 1. The quantitative estimate of drug-likeness (QED) is 0.244. The number of carboxylic acid groups (broad SMARTS) is 1. The van der Waals surface area contributed by atoms with Crippen LogP contribution in [0.3, 0.4) is 0 Å². The number of carbonyl (C=O) groups is 3. The Morgan fingerprint density at radius 1 is 1.50 bits per heavy atom. The van der Waals surface area contributed by atoms with Gasteiger partial charge in [0.05, 0.1) is 24.4 Å². The Labute approximate surface area is 171 Å². The fraction of sp³-hybridized carbons (Fsp3) is 0.294. The molecule has 0 aromatic carbocycles. The van der Waals surface area contributed by atoms with Crippen LogP contribution in [0.4, 0.5) is 0 Å². The van der Waals surface area contributed by atoms with Crippen molar-refractivity contribution in [1.82, 2.24) is 9.88 Å². The zero-order valence-corrected chi connectivity index (χ0v) is 16.3. The molecule has 0 aliphatic carbocycles. The van der Waals surface area contributed by atoms with Gasteiger partial charge in [-0.2, -0.15) is 0 Å². The summed E-state index contributed by atoms with van der Waals surface area (Å²) in [4.78, 5) is 40.4. The molecule has 130 valence electrons. The second-order valence-corrected chi connectivity index (χ2v) is 5.78. The summed E-state index contributed by atoms with van der Waals surface area (Å²) in [5, 5.41) is 21.1. The normalized spacial score (nSPS) is 23.2. The summed E-state index contributed by atoms with van der Waals surface area (Å²) in [5.41, 5.74) is 0.150. The van der Waals surface area contributed by atoms with E-state index in [1.807, 2.05) is 0 Å². The summed E-state index contributed by atoms with van der Waals surface area (Å²) in [5.74, 6) is -3.27. The third-order valence-corrected chi connectivity index (χ3v) is 4.13. The molecule has 2 aliphatic rings. The van der Waals surface area contributed by atoms with Crippen molar-refractivity contribution in [2.75, 3.05) is 6.61 Å². The van der Waals surface area contributed by atoms with E-state index in [4.69, 9.17) is 4.74 Å². The van der Waals surface area contributed by atoms with Gasteiger partial charge < -0.3 is 19.7 Å². The SMILES string of the molecule is C[C@@H](O)[C@H]1C(=O)N2C(C(=O)[O-])=C(/C=C/C(=O)c3cccnc3)CO[C@H]12.[Na+]. The van der Waals surface area contributed by atoms with E-state index in [0.29, 0.717) is 5.56 Å². The molecule has 2 aliphatic heterocycles. The first-order chi connectivity index (χ1) is 11.9. The number of hydrogen-bond donors (Lipinski definition) is 1. The first kappa shape index (κ1) is 20.5. The number of carbonyl (C=O) groups excluding carboxylic acids is 3. The number of nitrogens with zero attached hydrogens (tertiary/aromatic N) is 2. The topological polar surface area (TPSA) is 120 Å². The number of amides is 1. The summed E-state index contributed by atoms with van der Waals surface area (Å²) in [6.45, 7) is 1.32. The molecule has 26 heavy (non-hydrogen) atoms. The van der Waals surface area contributed by atoms with Crippen LogP contribution in [-0.4, -0.2) is 51.6 Å². The van der Waals surface area contributed by atoms with Crippen LogP contribution in [-0.2, 0) is 14.3 Å². The molecule has 0 saturated carbocycles. The standard InChI is InChI=1S/C17H16N2O6.Na/c1-9(20)13-15(22)19-14(17(23)24)11(8-25-16(13)19)4-5-12(21)10-3-2-6-18-7-10;/h2-7,9,13,16,20H,8H2,1H3,(H,23,24);/q;+1/p-1/b5-4+;/t9-,13+,16-;/m1./s1. The van der Waals surface area contributed by atoms with Gasteiger partial charge in [-0.05, 0) is 25.1 Å². The molecule has 1 fully saturated rings. The van der Waals surface area contributed by atoms with Crippen molar-refractivity contribution in [3.05, 3.63) is 53.5 Å². The summed E-state index contributed by atoms with van der Waals surface area (Å²) < 4.78 is 5.47. The molecule has 1 aromatic heterocycles. The van der Waals surface area contributed by atoms with Crippen molar-refractivity contribution in [2.45, 2.75) is 19.3 Å². The Balaban J connectivity index is 0.00000243. The minimum atomic E-state index is -1.54. The molecule has 3 rings (SSSR count). The van der Waals surface area contributed by atoms with E-state index < -0.39 is 30.1 Å². The molecule has 0 spiro atoms. The maximum atomic E-state index is 12.1. The maximum Gasteiger partial charge on any atom is 1.00 e. The number of fused-ring (bicyclic) bond motifs is 1. The predicted molar refractivity (Wildman–Crippen MR) is 81.5 cm³/mol. The molecule has 1 aromatic rings. The minimum Gasteiger partial charge on any atom is -0.543 e. The smallest absolute Gasteiger partial charge is 0.543 e. The van der Waals surface area contributed by atoms with Crippen LogP contribution in [0.2, 0.25) is 0 Å². The van der Waals surface area contributed by atoms with Gasteiger partial charge in [-0.15, -0.1) is 0 Å². The summed E-state index contributed by atoms with van der Waals surface area (Å²) in [6.07, 6.45) is 3.60. The molecular weight excluding hydrogens is 351 g/mol. The largest absolute Gasteiger partial charge is 1.00 e. The first-order valence-corrected chi connectivity index (χ1v) is 7.61. The third-order valence-electron chi connectivity index (χ3n) is 4.13. The number of aromatic nitrogens is 1. The molecule has 1 saturated heterocycles. The van der Waals surface area contributed by atoms with Crippen LogP contribution in [0.25, 0.3) is 0 Å². The van der Waals surface area contributed by atoms with Crippen LogP contribution in [0, 0.1) is 5.92 Å². The van der Waals surface area contributed by atoms with E-state index in [1.165, 1.54) is 31.5 Å². The second kappa shape index (κ2) is 8.24. The molecule has 0 radical (unpaired) electrons. The van der Waals surface area contributed by atoms with Gasteiger partial charge in [-0.25, -0.2) is 0 Å². The van der Waals surface area contributed by atoms with Crippen molar-refractivity contribution in [3.63, 3.8) is 0 Å². The van der Waals surface area contributed by atoms with Gasteiger partial charge in [0.15, 0.2) is 12.0 Å². The molecule has 8 nitrogen and oxygen atoms in total. The number of rotatable bonds is 5. The fourth-order valence-electron chi connectivity index (χ4n) is 2.88. The number of aliphatic hydroxyl groups is 1. The van der Waals surface area contributed by atoms with Gasteiger partial charge >= 0.3 is 29.6 Å². The molecule has 1 amide bonds. The Morgan fingerprint density at radius 3 is 2.81 bits per heavy atom. The van der Waals surface area contributed by atoms with Crippen LogP contribution >= 0.6 is 0 Å². The Bertz CT molecular complexity index is 790. The first-order valence-electron chi connectivity index (χ1n) is 7.61. The van der Waals surface area contributed by atoms with E-state index in [0.717, 1.165) is 4.90 Å². The fourth-order valence-corrected chi connectivity index (χ4v) is 2.88. The summed E-state index contributed by atoms with van der Waals surface area (Å²) in [7, 11) is 0. The number of hydrogen-bond acceptors (Lipinski definition) is 7. The van der Waals surface area contributed by atoms with Gasteiger partial charge in [0, 0.05) is 23.5 Å². The van der Waals surface area contributed by atoms with E-state index in [-0.39, 0.29) is 53.2 Å². The Morgan fingerprint density at radius 2 is 2.23 bits per heavy atom. The van der Waals surface area contributed by atoms with Gasteiger partial charge in [-0.3, -0.25) is 19.5 Å². The predicted octanol–water partition coefficient (Wildman–Crippen LogP) is -3.98. The van der Waals surface area contributed by atoms with Gasteiger partial charge in [0.2, 0.25) is 5.91 Å². The minimum absolute atomic E-state index is 0. The maximum absolute atomic E-state index is 12.1. The Kier molecular flexibility index (Phi) is 6.48. The van der Waals surface area contributed by atoms with Crippen molar-refractivity contribution >= 4 is 17.7 Å². The Hall–Kier alpha value is -1.84. The zero-order valence-electron chi connectivity index (χ0n) is 14.3.